The van der Waals surface area contributed by atoms with Crippen molar-refractivity contribution in [2.75, 3.05) is 19.1 Å². The number of rotatable bonds is 6. The summed E-state index contributed by atoms with van der Waals surface area (Å²) in [7, 11) is 2.41. The van der Waals surface area contributed by atoms with Crippen molar-refractivity contribution in [2.45, 2.75) is 5.92 Å². The van der Waals surface area contributed by atoms with Gasteiger partial charge in [0.25, 0.3) is 0 Å². The second kappa shape index (κ2) is 11.5. The van der Waals surface area contributed by atoms with E-state index in [4.69, 9.17) is 20.3 Å². The van der Waals surface area contributed by atoms with Crippen LogP contribution in [0.2, 0.25) is 0 Å². The van der Waals surface area contributed by atoms with E-state index in [1.807, 2.05) is 18.2 Å². The first-order valence-corrected chi connectivity index (χ1v) is 13.4. The molecule has 12 nitrogen and oxygen atoms in total. The maximum atomic E-state index is 13.4. The third-order valence-electron chi connectivity index (χ3n) is 7.21. The number of carbonyl (C=O) groups is 2. The molecule has 1 atom stereocenters. The van der Waals surface area contributed by atoms with Crippen LogP contribution in [0.3, 0.4) is 0 Å². The Morgan fingerprint density at radius 3 is 2.34 bits per heavy atom. The highest BCUT2D eigenvalue weighted by Crippen LogP contribution is 2.43. The molecule has 2 aromatic carbocycles. The first-order chi connectivity index (χ1) is 21.5. The van der Waals surface area contributed by atoms with Crippen LogP contribution in [0.4, 0.5) is 5.69 Å². The zero-order valence-corrected chi connectivity index (χ0v) is 23.6. The van der Waals surface area contributed by atoms with E-state index >= 15 is 0 Å². The lowest BCUT2D eigenvalue weighted by atomic mass is 9.81. The van der Waals surface area contributed by atoms with E-state index in [1.165, 1.54) is 19.1 Å². The van der Waals surface area contributed by atoms with Gasteiger partial charge in [-0.3, -0.25) is 9.88 Å². The highest BCUT2D eigenvalue weighted by atomic mass is 16.5. The summed E-state index contributed by atoms with van der Waals surface area (Å²) in [6, 6.07) is 25.2. The first-order valence-electron chi connectivity index (χ1n) is 13.4. The summed E-state index contributed by atoms with van der Waals surface area (Å²) in [5, 5.41) is 23.6. The van der Waals surface area contributed by atoms with Gasteiger partial charge in [0.1, 0.15) is 11.5 Å². The normalized spacial score (nSPS) is 14.8. The number of fused-ring (bicyclic) bond motifs is 1. The molecule has 3 aromatic heterocycles. The molecule has 1 aliphatic rings. The third-order valence-corrected chi connectivity index (χ3v) is 7.21. The van der Waals surface area contributed by atoms with Gasteiger partial charge in [-0.2, -0.15) is 14.9 Å². The fraction of sp³-hybridized carbons (Fsp3) is 0.0938. The predicted octanol–water partition coefficient (Wildman–Crippen LogP) is 3.75. The molecule has 0 fully saturated rings. The molecule has 0 saturated carbocycles. The van der Waals surface area contributed by atoms with Crippen molar-refractivity contribution in [2.24, 2.45) is 5.73 Å². The van der Waals surface area contributed by atoms with Crippen LogP contribution in [0.1, 0.15) is 11.5 Å². The number of pyridine rings is 1. The monoisotopic (exact) mass is 584 g/mol. The number of benzene rings is 2. The molecule has 1 aliphatic heterocycles. The Balaban J connectivity index is 1.53. The number of carbonyl (C=O) groups excluding carboxylic acids is 2. The van der Waals surface area contributed by atoms with Crippen molar-refractivity contribution in [3.05, 3.63) is 119 Å². The summed E-state index contributed by atoms with van der Waals surface area (Å²) in [5.41, 5.74) is 10.0. The Hall–Kier alpha value is -6.35. The first kappa shape index (κ1) is 27.8. The summed E-state index contributed by atoms with van der Waals surface area (Å²) in [6.45, 7) is 0. The Kier molecular flexibility index (Phi) is 7.26. The van der Waals surface area contributed by atoms with Gasteiger partial charge in [-0.15, -0.1) is 10.2 Å². The second-order valence-corrected chi connectivity index (χ2v) is 9.63. The highest BCUT2D eigenvalue weighted by molar-refractivity contribution is 6.06. The van der Waals surface area contributed by atoms with E-state index in [0.717, 1.165) is 5.56 Å². The van der Waals surface area contributed by atoms with Crippen LogP contribution in [0.15, 0.2) is 114 Å². The van der Waals surface area contributed by atoms with E-state index in [2.05, 4.69) is 21.3 Å². The van der Waals surface area contributed by atoms with Gasteiger partial charge in [0.2, 0.25) is 0 Å². The molecule has 0 spiro atoms. The largest absolute Gasteiger partial charge is 0.466 e. The molecule has 4 heterocycles. The van der Waals surface area contributed by atoms with Crippen molar-refractivity contribution in [1.82, 2.24) is 24.8 Å². The second-order valence-electron chi connectivity index (χ2n) is 9.63. The molecule has 216 valence electrons. The van der Waals surface area contributed by atoms with Crippen LogP contribution in [0.5, 0.6) is 0 Å². The van der Waals surface area contributed by atoms with Crippen molar-refractivity contribution in [3.8, 4) is 28.7 Å². The molecule has 12 heteroatoms. The van der Waals surface area contributed by atoms with Gasteiger partial charge >= 0.3 is 11.9 Å². The maximum Gasteiger partial charge on any atom is 0.355 e. The number of allylic oxidation sites excluding steroid dienone is 1. The topological polar surface area (TPSA) is 162 Å². The van der Waals surface area contributed by atoms with Crippen LogP contribution in [-0.4, -0.2) is 51.0 Å². The van der Waals surface area contributed by atoms with Crippen LogP contribution in [0, 0.1) is 11.3 Å². The van der Waals surface area contributed by atoms with Crippen molar-refractivity contribution < 1.29 is 19.1 Å². The SMILES string of the molecule is COC(=O)C1=C(C(=O)OC)N(c2cccc(-c3ccc4nnc(-c5ccncc5)n4n3)c2)C(N)=C(C#N)C1c1ccccc1. The minimum atomic E-state index is -0.966. The molecule has 6 rings (SSSR count). The lowest BCUT2D eigenvalue weighted by Gasteiger charge is -2.36. The number of hydrogen-bond donors (Lipinski definition) is 1. The Morgan fingerprint density at radius 1 is 0.886 bits per heavy atom. The number of esters is 2. The predicted molar refractivity (Wildman–Crippen MR) is 159 cm³/mol. The molecule has 2 N–H and O–H groups in total. The average Bonchev–Trinajstić information content (AvgIpc) is 3.51. The van der Waals surface area contributed by atoms with Gasteiger partial charge in [0.05, 0.1) is 43.0 Å². The van der Waals surface area contributed by atoms with E-state index in [-0.39, 0.29) is 22.7 Å². The minimum Gasteiger partial charge on any atom is -0.466 e. The Labute approximate surface area is 251 Å². The van der Waals surface area contributed by atoms with E-state index in [9.17, 15) is 14.9 Å². The molecule has 5 aromatic rings. The van der Waals surface area contributed by atoms with Crippen LogP contribution in [-0.2, 0) is 19.1 Å². The maximum absolute atomic E-state index is 13.4. The van der Waals surface area contributed by atoms with Gasteiger partial charge in [0, 0.05) is 29.2 Å². The molecule has 0 aliphatic carbocycles. The number of nitriles is 1. The van der Waals surface area contributed by atoms with Crippen LogP contribution in [0.25, 0.3) is 28.3 Å². The Bertz CT molecular complexity index is 2010. The van der Waals surface area contributed by atoms with Crippen molar-refractivity contribution >= 4 is 23.3 Å². The smallest absolute Gasteiger partial charge is 0.355 e. The van der Waals surface area contributed by atoms with Crippen LogP contribution < -0.4 is 10.6 Å². The fourth-order valence-electron chi connectivity index (χ4n) is 5.21. The quantitative estimate of drug-likeness (QED) is 0.289. The lowest BCUT2D eigenvalue weighted by molar-refractivity contribution is -0.139. The summed E-state index contributed by atoms with van der Waals surface area (Å²) in [5.74, 6) is -2.10. The van der Waals surface area contributed by atoms with Gasteiger partial charge < -0.3 is 15.2 Å². The summed E-state index contributed by atoms with van der Waals surface area (Å²) >= 11 is 0. The third kappa shape index (κ3) is 4.68. The molecule has 1 unspecified atom stereocenters. The number of nitrogens with zero attached hydrogens (tertiary/aromatic N) is 7. The fourth-order valence-corrected chi connectivity index (χ4v) is 5.21. The van der Waals surface area contributed by atoms with E-state index < -0.39 is 17.9 Å². The molecule has 0 bridgehead atoms. The van der Waals surface area contributed by atoms with Crippen LogP contribution >= 0.6 is 0 Å². The molecule has 0 radical (unpaired) electrons. The summed E-state index contributed by atoms with van der Waals surface area (Å²) in [4.78, 5) is 32.2. The number of ether oxygens (including phenoxy) is 2. The van der Waals surface area contributed by atoms with Crippen molar-refractivity contribution in [3.63, 3.8) is 0 Å². The minimum absolute atomic E-state index is 0.0336. The zero-order chi connectivity index (χ0) is 30.8. The molecular formula is C32H24N8O4. The molecular weight excluding hydrogens is 560 g/mol. The average molecular weight is 585 g/mol. The van der Waals surface area contributed by atoms with E-state index in [0.29, 0.717) is 34.0 Å². The van der Waals surface area contributed by atoms with Gasteiger partial charge in [-0.25, -0.2) is 9.59 Å². The Morgan fingerprint density at radius 2 is 1.64 bits per heavy atom. The summed E-state index contributed by atoms with van der Waals surface area (Å²) in [6.07, 6.45) is 3.32. The van der Waals surface area contributed by atoms with E-state index in [1.54, 1.807) is 77.6 Å². The lowest BCUT2D eigenvalue weighted by Crippen LogP contribution is -2.40. The highest BCUT2D eigenvalue weighted by Gasteiger charge is 2.43. The molecule has 44 heavy (non-hydrogen) atoms. The molecule has 0 saturated heterocycles. The number of anilines is 1. The van der Waals surface area contributed by atoms with Gasteiger partial charge in [-0.1, -0.05) is 42.5 Å². The number of aromatic nitrogens is 5. The zero-order valence-electron chi connectivity index (χ0n) is 23.6. The number of hydrogen-bond acceptors (Lipinski definition) is 11. The van der Waals surface area contributed by atoms with Gasteiger partial charge in [-0.05, 0) is 42.0 Å². The van der Waals surface area contributed by atoms with Gasteiger partial charge in [0.15, 0.2) is 11.5 Å². The van der Waals surface area contributed by atoms with Crippen molar-refractivity contribution in [1.29, 1.82) is 5.26 Å². The number of nitrogens with two attached hydrogens (primary N) is 1. The molecule has 0 amide bonds. The standard InChI is InChI=1S/C32H24N8O4/c1-43-31(41)27-26(19-7-4-3-5-8-19)23(18-33)29(34)39(28(27)32(42)44-2)22-10-6-9-21(17-22)24-11-12-25-36-37-30(40(25)38-24)20-13-15-35-16-14-20/h3-17,26H,34H2,1-2H3. The number of methoxy groups -OCH3 is 2. The summed E-state index contributed by atoms with van der Waals surface area (Å²) < 4.78 is 11.9.